The number of nitrogen functional groups attached to an aromatic ring is 2. The van der Waals surface area contributed by atoms with Crippen LogP contribution in [0.15, 0.2) is 42.5 Å². The van der Waals surface area contributed by atoms with E-state index in [2.05, 4.69) is 5.32 Å². The number of hydrogen-bond donors (Lipinski definition) is 4. The summed E-state index contributed by atoms with van der Waals surface area (Å²) >= 11 is 0. The van der Waals surface area contributed by atoms with Crippen LogP contribution in [0.5, 0.6) is 0 Å². The van der Waals surface area contributed by atoms with Crippen molar-refractivity contribution in [3.05, 3.63) is 59.2 Å². The monoisotopic (exact) mass is 271 g/mol. The minimum Gasteiger partial charge on any atom is -0.399 e. The van der Waals surface area contributed by atoms with Gasteiger partial charge in [0.05, 0.1) is 12.2 Å². The molecule has 5 heteroatoms. The Morgan fingerprint density at radius 2 is 1.70 bits per heavy atom. The molecule has 0 radical (unpaired) electrons. The largest absolute Gasteiger partial charge is 0.399 e. The smallest absolute Gasteiger partial charge is 0.253 e. The molecule has 0 aliphatic rings. The van der Waals surface area contributed by atoms with Crippen LogP contribution in [0.2, 0.25) is 0 Å². The molecule has 20 heavy (non-hydrogen) atoms. The van der Waals surface area contributed by atoms with Gasteiger partial charge in [-0.05, 0) is 29.3 Å². The summed E-state index contributed by atoms with van der Waals surface area (Å²) in [5, 5.41) is 11.7. The minimum atomic E-state index is -0.242. The molecule has 0 bridgehead atoms. The first kappa shape index (κ1) is 13.9. The topological polar surface area (TPSA) is 101 Å². The van der Waals surface area contributed by atoms with Crippen molar-refractivity contribution in [2.75, 3.05) is 11.5 Å². The maximum Gasteiger partial charge on any atom is 0.253 e. The van der Waals surface area contributed by atoms with E-state index in [1.54, 1.807) is 18.2 Å². The number of aliphatic hydroxyl groups is 1. The number of nitrogens with one attached hydrogen (secondary N) is 1. The number of rotatable bonds is 4. The van der Waals surface area contributed by atoms with Crippen molar-refractivity contribution in [2.45, 2.75) is 13.2 Å². The van der Waals surface area contributed by atoms with Crippen molar-refractivity contribution < 1.29 is 9.90 Å². The van der Waals surface area contributed by atoms with Gasteiger partial charge >= 0.3 is 0 Å². The predicted octanol–water partition coefficient (Wildman–Crippen LogP) is 1.27. The van der Waals surface area contributed by atoms with E-state index in [1.807, 2.05) is 24.3 Å². The Labute approximate surface area is 117 Å². The number of carbonyl (C=O) groups is 1. The summed E-state index contributed by atoms with van der Waals surface area (Å²) in [4.78, 5) is 12.0. The number of hydrogen-bond acceptors (Lipinski definition) is 4. The van der Waals surface area contributed by atoms with E-state index in [4.69, 9.17) is 16.6 Å². The second kappa shape index (κ2) is 6.08. The highest BCUT2D eigenvalue weighted by Crippen LogP contribution is 2.15. The maximum atomic E-state index is 12.0. The van der Waals surface area contributed by atoms with Crippen LogP contribution in [0.25, 0.3) is 0 Å². The third-order valence-electron chi connectivity index (χ3n) is 2.98. The molecule has 0 aliphatic heterocycles. The zero-order chi connectivity index (χ0) is 14.5. The molecule has 0 aliphatic carbocycles. The summed E-state index contributed by atoms with van der Waals surface area (Å²) in [6.07, 6.45) is 0. The van der Waals surface area contributed by atoms with Gasteiger partial charge in [-0.2, -0.15) is 0 Å². The molecule has 5 nitrogen and oxygen atoms in total. The molecule has 104 valence electrons. The van der Waals surface area contributed by atoms with Crippen LogP contribution in [0.4, 0.5) is 11.4 Å². The minimum absolute atomic E-state index is 0.00854. The molecule has 0 spiro atoms. The molecule has 0 fully saturated rings. The number of aliphatic hydroxyl groups excluding tert-OH is 1. The lowest BCUT2D eigenvalue weighted by Crippen LogP contribution is -2.23. The van der Waals surface area contributed by atoms with Crippen LogP contribution in [-0.2, 0) is 13.2 Å². The highest BCUT2D eigenvalue weighted by molar-refractivity contribution is 5.99. The Morgan fingerprint density at radius 3 is 2.30 bits per heavy atom. The molecule has 0 saturated carbocycles. The number of anilines is 2. The lowest BCUT2D eigenvalue weighted by atomic mass is 10.1. The first-order valence-corrected chi connectivity index (χ1v) is 6.22. The van der Waals surface area contributed by atoms with Crippen LogP contribution >= 0.6 is 0 Å². The fourth-order valence-corrected chi connectivity index (χ4v) is 1.83. The number of amides is 1. The molecule has 2 aromatic carbocycles. The van der Waals surface area contributed by atoms with Gasteiger partial charge in [0, 0.05) is 17.9 Å². The summed E-state index contributed by atoms with van der Waals surface area (Å²) in [6, 6.07) is 12.2. The lowest BCUT2D eigenvalue weighted by Gasteiger charge is -2.08. The van der Waals surface area contributed by atoms with Crippen molar-refractivity contribution >= 4 is 17.3 Å². The van der Waals surface area contributed by atoms with Crippen molar-refractivity contribution in [3.8, 4) is 0 Å². The van der Waals surface area contributed by atoms with Gasteiger partial charge in [0.15, 0.2) is 0 Å². The van der Waals surface area contributed by atoms with E-state index in [9.17, 15) is 4.79 Å². The van der Waals surface area contributed by atoms with E-state index in [1.165, 1.54) is 0 Å². The van der Waals surface area contributed by atoms with E-state index in [-0.39, 0.29) is 12.5 Å². The van der Waals surface area contributed by atoms with Gasteiger partial charge in [-0.15, -0.1) is 0 Å². The Bertz CT molecular complexity index is 609. The van der Waals surface area contributed by atoms with Gasteiger partial charge in [0.25, 0.3) is 5.91 Å². The third kappa shape index (κ3) is 3.27. The Hall–Kier alpha value is -2.53. The second-order valence-corrected chi connectivity index (χ2v) is 4.50. The fraction of sp³-hybridized carbons (Fsp3) is 0.133. The normalized spacial score (nSPS) is 10.2. The highest BCUT2D eigenvalue weighted by Gasteiger charge is 2.09. The van der Waals surface area contributed by atoms with Gasteiger partial charge in [-0.1, -0.05) is 24.3 Å². The average Bonchev–Trinajstić information content (AvgIpc) is 2.45. The average molecular weight is 271 g/mol. The maximum absolute atomic E-state index is 12.0. The summed E-state index contributed by atoms with van der Waals surface area (Å²) in [7, 11) is 0. The fourth-order valence-electron chi connectivity index (χ4n) is 1.83. The molecule has 0 atom stereocenters. The summed E-state index contributed by atoms with van der Waals surface area (Å²) in [6.45, 7) is 0.406. The highest BCUT2D eigenvalue weighted by atomic mass is 16.3. The molecule has 2 aromatic rings. The second-order valence-electron chi connectivity index (χ2n) is 4.50. The molecule has 0 saturated heterocycles. The molecule has 6 N–H and O–H groups in total. The van der Waals surface area contributed by atoms with Crippen LogP contribution in [0, 0.1) is 0 Å². The van der Waals surface area contributed by atoms with E-state index in [0.717, 1.165) is 11.1 Å². The number of carbonyl (C=O) groups excluding carboxylic acids is 1. The van der Waals surface area contributed by atoms with Gasteiger partial charge in [0.1, 0.15) is 0 Å². The van der Waals surface area contributed by atoms with Crippen LogP contribution in [-0.4, -0.2) is 11.0 Å². The van der Waals surface area contributed by atoms with E-state index < -0.39 is 0 Å². The Morgan fingerprint density at radius 1 is 1.05 bits per heavy atom. The molecular weight excluding hydrogens is 254 g/mol. The predicted molar refractivity (Wildman–Crippen MR) is 78.8 cm³/mol. The molecule has 2 rings (SSSR count). The Kier molecular flexibility index (Phi) is 4.22. The molecule has 1 amide bonds. The van der Waals surface area contributed by atoms with Crippen molar-refractivity contribution in [3.63, 3.8) is 0 Å². The number of benzene rings is 2. The first-order valence-electron chi connectivity index (χ1n) is 6.22. The van der Waals surface area contributed by atoms with Crippen molar-refractivity contribution in [1.82, 2.24) is 5.32 Å². The van der Waals surface area contributed by atoms with Crippen molar-refractivity contribution in [2.24, 2.45) is 0 Å². The first-order chi connectivity index (χ1) is 9.60. The van der Waals surface area contributed by atoms with E-state index in [0.29, 0.717) is 23.5 Å². The summed E-state index contributed by atoms with van der Waals surface area (Å²) in [5.74, 6) is -0.242. The van der Waals surface area contributed by atoms with Crippen molar-refractivity contribution in [1.29, 1.82) is 0 Å². The summed E-state index contributed by atoms with van der Waals surface area (Å²) in [5.41, 5.74) is 14.4. The zero-order valence-electron chi connectivity index (χ0n) is 11.0. The van der Waals surface area contributed by atoms with Crippen LogP contribution in [0.1, 0.15) is 21.5 Å². The quantitative estimate of drug-likeness (QED) is 0.629. The van der Waals surface area contributed by atoms with E-state index >= 15 is 0 Å². The number of nitrogens with two attached hydrogens (primary N) is 2. The van der Waals surface area contributed by atoms with Gasteiger partial charge < -0.3 is 21.9 Å². The molecule has 0 aromatic heterocycles. The summed E-state index contributed by atoms with van der Waals surface area (Å²) < 4.78 is 0. The SMILES string of the molecule is Nc1ccc(C(=O)NCc2ccc(CO)cc2)c(N)c1. The van der Waals surface area contributed by atoms with Gasteiger partial charge in [-0.3, -0.25) is 4.79 Å². The zero-order valence-corrected chi connectivity index (χ0v) is 11.0. The van der Waals surface area contributed by atoms with Crippen LogP contribution < -0.4 is 16.8 Å². The molecule has 0 unspecified atom stereocenters. The molecular formula is C15H17N3O2. The Balaban J connectivity index is 2.00. The van der Waals surface area contributed by atoms with Crippen LogP contribution in [0.3, 0.4) is 0 Å². The standard InChI is InChI=1S/C15H17N3O2/c16-12-5-6-13(14(17)7-12)15(20)18-8-10-1-3-11(9-19)4-2-10/h1-7,19H,8-9,16-17H2,(H,18,20). The lowest BCUT2D eigenvalue weighted by molar-refractivity contribution is 0.0952. The molecule has 0 heterocycles. The third-order valence-corrected chi connectivity index (χ3v) is 2.98. The van der Waals surface area contributed by atoms with Gasteiger partial charge in [0.2, 0.25) is 0 Å². The van der Waals surface area contributed by atoms with Gasteiger partial charge in [-0.25, -0.2) is 0 Å².